The molecule has 2 rings (SSSR count). The number of carbonyl (C=O) groups excluding carboxylic acids is 1. The predicted molar refractivity (Wildman–Crippen MR) is 71.9 cm³/mol. The number of hydrogen-bond acceptors (Lipinski definition) is 2. The first kappa shape index (κ1) is 14.2. The van der Waals surface area contributed by atoms with Crippen molar-refractivity contribution in [1.82, 2.24) is 9.80 Å². The summed E-state index contributed by atoms with van der Waals surface area (Å²) < 4.78 is 0. The molecule has 0 radical (unpaired) electrons. The Morgan fingerprint density at radius 3 is 2.58 bits per heavy atom. The molecule has 108 valence electrons. The van der Waals surface area contributed by atoms with Crippen LogP contribution in [0.1, 0.15) is 46.5 Å². The van der Waals surface area contributed by atoms with Crippen LogP contribution in [0.2, 0.25) is 0 Å². The Kier molecular flexibility index (Phi) is 3.74. The third-order valence-corrected chi connectivity index (χ3v) is 4.74. The van der Waals surface area contributed by atoms with Crippen LogP contribution in [0.3, 0.4) is 0 Å². The second kappa shape index (κ2) is 5.02. The monoisotopic (exact) mass is 268 g/mol. The summed E-state index contributed by atoms with van der Waals surface area (Å²) in [6.45, 7) is 6.81. The van der Waals surface area contributed by atoms with E-state index in [4.69, 9.17) is 0 Å². The molecule has 2 aliphatic rings. The van der Waals surface area contributed by atoms with E-state index in [9.17, 15) is 14.7 Å². The lowest BCUT2D eigenvalue weighted by Crippen LogP contribution is -2.48. The first-order valence-electron chi connectivity index (χ1n) is 7.19. The van der Waals surface area contributed by atoms with Gasteiger partial charge in [0.2, 0.25) is 0 Å². The van der Waals surface area contributed by atoms with E-state index in [-0.39, 0.29) is 12.1 Å². The molecule has 0 bridgehead atoms. The van der Waals surface area contributed by atoms with Crippen molar-refractivity contribution in [2.24, 2.45) is 5.41 Å². The third kappa shape index (κ3) is 2.42. The highest BCUT2D eigenvalue weighted by atomic mass is 16.4. The second-order valence-corrected chi connectivity index (χ2v) is 6.22. The molecule has 0 aromatic carbocycles. The summed E-state index contributed by atoms with van der Waals surface area (Å²) in [6, 6.07) is 0.621. The van der Waals surface area contributed by atoms with Gasteiger partial charge in [-0.1, -0.05) is 6.92 Å². The number of carboxylic acid groups (broad SMARTS) is 1. The molecule has 2 amide bonds. The Hall–Kier alpha value is -1.26. The fourth-order valence-electron chi connectivity index (χ4n) is 3.28. The smallest absolute Gasteiger partial charge is 0.320 e. The Labute approximate surface area is 114 Å². The fourth-order valence-corrected chi connectivity index (χ4v) is 3.28. The van der Waals surface area contributed by atoms with Crippen molar-refractivity contribution in [2.75, 3.05) is 13.1 Å². The van der Waals surface area contributed by atoms with Gasteiger partial charge in [0.1, 0.15) is 0 Å². The highest BCUT2D eigenvalue weighted by Crippen LogP contribution is 2.33. The van der Waals surface area contributed by atoms with Crippen LogP contribution in [-0.2, 0) is 4.79 Å². The zero-order valence-electron chi connectivity index (χ0n) is 12.1. The predicted octanol–water partition coefficient (Wildman–Crippen LogP) is 2.17. The maximum absolute atomic E-state index is 12.6. The third-order valence-electron chi connectivity index (χ3n) is 4.74. The molecule has 0 aliphatic carbocycles. The van der Waals surface area contributed by atoms with E-state index in [1.54, 1.807) is 11.8 Å². The largest absolute Gasteiger partial charge is 0.481 e. The minimum atomic E-state index is -0.802. The summed E-state index contributed by atoms with van der Waals surface area (Å²) in [7, 11) is 0. The first-order chi connectivity index (χ1) is 8.89. The molecule has 0 aromatic rings. The van der Waals surface area contributed by atoms with Crippen molar-refractivity contribution in [3.63, 3.8) is 0 Å². The van der Waals surface area contributed by atoms with Crippen LogP contribution in [0.25, 0.3) is 0 Å². The number of carboxylic acids is 1. The van der Waals surface area contributed by atoms with E-state index < -0.39 is 11.4 Å². The molecule has 3 unspecified atom stereocenters. The van der Waals surface area contributed by atoms with Crippen molar-refractivity contribution in [3.8, 4) is 0 Å². The molecule has 5 heteroatoms. The average Bonchev–Trinajstić information content (AvgIpc) is 2.93. The number of nitrogens with zero attached hydrogens (tertiary/aromatic N) is 2. The fraction of sp³-hybridized carbons (Fsp3) is 0.857. The van der Waals surface area contributed by atoms with E-state index in [1.165, 1.54) is 0 Å². The molecule has 0 saturated carbocycles. The van der Waals surface area contributed by atoms with Crippen LogP contribution in [-0.4, -0.2) is 52.1 Å². The number of hydrogen-bond donors (Lipinski definition) is 1. The van der Waals surface area contributed by atoms with Gasteiger partial charge in [-0.2, -0.15) is 0 Å². The minimum absolute atomic E-state index is 0.0295. The second-order valence-electron chi connectivity index (χ2n) is 6.22. The van der Waals surface area contributed by atoms with Crippen molar-refractivity contribution < 1.29 is 14.7 Å². The van der Waals surface area contributed by atoms with Gasteiger partial charge >= 0.3 is 12.0 Å². The van der Waals surface area contributed by atoms with E-state index in [0.29, 0.717) is 25.6 Å². The molecule has 19 heavy (non-hydrogen) atoms. The zero-order chi connectivity index (χ0) is 14.2. The number of rotatable bonds is 2. The quantitative estimate of drug-likeness (QED) is 0.835. The lowest BCUT2D eigenvalue weighted by molar-refractivity contribution is -0.147. The standard InChI is InChI=1S/C14H24N2O3/c1-4-11-6-5-10(2)16(11)13(19)15-8-7-14(3,9-15)12(17)18/h10-11H,4-9H2,1-3H3,(H,17,18). The van der Waals surface area contributed by atoms with E-state index in [1.807, 2.05) is 4.90 Å². The molecule has 2 heterocycles. The zero-order valence-corrected chi connectivity index (χ0v) is 12.1. The molecule has 2 saturated heterocycles. The van der Waals surface area contributed by atoms with Crippen LogP contribution >= 0.6 is 0 Å². The van der Waals surface area contributed by atoms with Gasteiger partial charge in [0.05, 0.1) is 5.41 Å². The highest BCUT2D eigenvalue weighted by molar-refractivity contribution is 5.80. The van der Waals surface area contributed by atoms with Gasteiger partial charge in [-0.25, -0.2) is 4.79 Å². The van der Waals surface area contributed by atoms with Crippen LogP contribution in [0.5, 0.6) is 0 Å². The number of urea groups is 1. The lowest BCUT2D eigenvalue weighted by atomic mass is 9.90. The van der Waals surface area contributed by atoms with Gasteiger partial charge in [-0.15, -0.1) is 0 Å². The summed E-state index contributed by atoms with van der Waals surface area (Å²) in [5.74, 6) is -0.802. The highest BCUT2D eigenvalue weighted by Gasteiger charge is 2.45. The van der Waals surface area contributed by atoms with Crippen molar-refractivity contribution in [3.05, 3.63) is 0 Å². The van der Waals surface area contributed by atoms with Crippen LogP contribution in [0.15, 0.2) is 0 Å². The van der Waals surface area contributed by atoms with E-state index >= 15 is 0 Å². The molecule has 1 N–H and O–H groups in total. The molecular weight excluding hydrogens is 244 g/mol. The van der Waals surface area contributed by atoms with E-state index in [0.717, 1.165) is 19.3 Å². The topological polar surface area (TPSA) is 60.9 Å². The number of carbonyl (C=O) groups is 2. The van der Waals surface area contributed by atoms with Gasteiger partial charge in [0.25, 0.3) is 0 Å². The Morgan fingerprint density at radius 1 is 1.37 bits per heavy atom. The van der Waals surface area contributed by atoms with Crippen LogP contribution in [0, 0.1) is 5.41 Å². The molecule has 2 fully saturated rings. The molecule has 2 aliphatic heterocycles. The van der Waals surface area contributed by atoms with Crippen molar-refractivity contribution >= 4 is 12.0 Å². The van der Waals surface area contributed by atoms with Gasteiger partial charge < -0.3 is 14.9 Å². The first-order valence-corrected chi connectivity index (χ1v) is 7.19. The molecule has 0 spiro atoms. The summed E-state index contributed by atoms with van der Waals surface area (Å²) in [4.78, 5) is 27.5. The summed E-state index contributed by atoms with van der Waals surface area (Å²) in [5.41, 5.74) is -0.777. The summed E-state index contributed by atoms with van der Waals surface area (Å²) in [6.07, 6.45) is 3.63. The lowest BCUT2D eigenvalue weighted by Gasteiger charge is -2.32. The maximum Gasteiger partial charge on any atom is 0.320 e. The average molecular weight is 268 g/mol. The van der Waals surface area contributed by atoms with Crippen molar-refractivity contribution in [2.45, 2.75) is 58.5 Å². The van der Waals surface area contributed by atoms with Gasteiger partial charge in [-0.3, -0.25) is 4.79 Å². The van der Waals surface area contributed by atoms with Gasteiger partial charge in [-0.05, 0) is 39.5 Å². The number of amides is 2. The Bertz CT molecular complexity index is 385. The molecule has 0 aromatic heterocycles. The normalized spacial score (nSPS) is 34.9. The molecule has 3 atom stereocenters. The van der Waals surface area contributed by atoms with Gasteiger partial charge in [0.15, 0.2) is 0 Å². The van der Waals surface area contributed by atoms with Gasteiger partial charge in [0, 0.05) is 25.2 Å². The minimum Gasteiger partial charge on any atom is -0.481 e. The number of aliphatic carboxylic acids is 1. The SMILES string of the molecule is CCC1CCC(C)N1C(=O)N1CCC(C)(C(=O)O)C1. The van der Waals surface area contributed by atoms with E-state index in [2.05, 4.69) is 13.8 Å². The van der Waals surface area contributed by atoms with Crippen LogP contribution in [0.4, 0.5) is 4.79 Å². The molecule has 5 nitrogen and oxygen atoms in total. The summed E-state index contributed by atoms with van der Waals surface area (Å²) in [5, 5.41) is 9.24. The molecular formula is C14H24N2O3. The number of likely N-dealkylation sites (tertiary alicyclic amines) is 2. The maximum atomic E-state index is 12.6. The summed E-state index contributed by atoms with van der Waals surface area (Å²) >= 11 is 0. The Morgan fingerprint density at radius 2 is 2.05 bits per heavy atom. The Balaban J connectivity index is 2.07. The van der Waals surface area contributed by atoms with Crippen LogP contribution < -0.4 is 0 Å². The van der Waals surface area contributed by atoms with Crippen molar-refractivity contribution in [1.29, 1.82) is 0 Å².